The number of nitrogens with zero attached hydrogens (tertiary/aromatic N) is 1. The minimum atomic E-state index is 0.844. The molecule has 0 heterocycles. The van der Waals surface area contributed by atoms with Gasteiger partial charge in [0.15, 0.2) is 0 Å². The summed E-state index contributed by atoms with van der Waals surface area (Å²) in [4.78, 5) is 2.18. The summed E-state index contributed by atoms with van der Waals surface area (Å²) in [6.07, 6.45) is 1.26. The summed E-state index contributed by atoms with van der Waals surface area (Å²) in [5.41, 5.74) is 0. The van der Waals surface area contributed by atoms with Crippen LogP contribution >= 0.6 is 0 Å². The van der Waals surface area contributed by atoms with Gasteiger partial charge in [-0.15, -0.1) is 0 Å². The van der Waals surface area contributed by atoms with E-state index in [0.717, 1.165) is 13.2 Å². The molecule has 2 heteroatoms. The van der Waals surface area contributed by atoms with Gasteiger partial charge in [0, 0.05) is 13.2 Å². The fraction of sp³-hybridized carbons (Fsp3) is 1.00. The lowest BCUT2D eigenvalue weighted by atomic mass is 10.5. The highest BCUT2D eigenvalue weighted by molar-refractivity contribution is 4.34. The van der Waals surface area contributed by atoms with Crippen LogP contribution in [0, 0.1) is 0 Å². The first kappa shape index (κ1) is 13.5. The number of hydrogen-bond donors (Lipinski definition) is 0. The maximum absolute atomic E-state index is 4.83. The third kappa shape index (κ3) is 25.7. The average Bonchev–Trinajstić information content (AvgIpc) is 1.90. The summed E-state index contributed by atoms with van der Waals surface area (Å²) in [6.45, 7) is 9.06. The summed E-state index contributed by atoms with van der Waals surface area (Å²) in [7, 11) is 4.17. The molecule has 0 unspecified atom stereocenters. The number of hydrogen-bond acceptors (Lipinski definition) is 2. The molecule has 0 spiro atoms. The van der Waals surface area contributed by atoms with Gasteiger partial charge in [0.05, 0.1) is 0 Å². The molecule has 0 saturated carbocycles. The van der Waals surface area contributed by atoms with Crippen LogP contribution in [-0.2, 0) is 4.74 Å². The highest BCUT2D eigenvalue weighted by atomic mass is 16.5. The topological polar surface area (TPSA) is 12.5 Å². The molecule has 0 aliphatic heterocycles. The van der Waals surface area contributed by atoms with E-state index in [1.54, 1.807) is 0 Å². The molecule has 0 radical (unpaired) electrons. The Labute approximate surface area is 71.5 Å². The van der Waals surface area contributed by atoms with Crippen molar-refractivity contribution in [3.05, 3.63) is 0 Å². The molecular formula is C9H23NO. The van der Waals surface area contributed by atoms with E-state index in [-0.39, 0.29) is 0 Å². The second kappa shape index (κ2) is 12.6. The van der Waals surface area contributed by atoms with E-state index in [1.807, 2.05) is 13.8 Å². The van der Waals surface area contributed by atoms with Crippen molar-refractivity contribution in [3.63, 3.8) is 0 Å². The normalized spacial score (nSPS) is 9.27. The summed E-state index contributed by atoms with van der Waals surface area (Å²) in [5.74, 6) is 0. The Morgan fingerprint density at radius 3 is 1.45 bits per heavy atom. The molecule has 0 aromatic rings. The van der Waals surface area contributed by atoms with Crippen molar-refractivity contribution < 1.29 is 4.74 Å². The van der Waals surface area contributed by atoms with Crippen molar-refractivity contribution in [3.8, 4) is 0 Å². The van der Waals surface area contributed by atoms with Crippen molar-refractivity contribution in [2.24, 2.45) is 0 Å². The van der Waals surface area contributed by atoms with E-state index in [0.29, 0.717) is 0 Å². The second-order valence-electron chi connectivity index (χ2n) is 2.58. The largest absolute Gasteiger partial charge is 0.382 e. The van der Waals surface area contributed by atoms with E-state index in [4.69, 9.17) is 4.74 Å². The zero-order valence-corrected chi connectivity index (χ0v) is 8.68. The summed E-state index contributed by atoms with van der Waals surface area (Å²) < 4.78 is 4.83. The van der Waals surface area contributed by atoms with Gasteiger partial charge in [-0.2, -0.15) is 0 Å². The van der Waals surface area contributed by atoms with Crippen LogP contribution in [0.3, 0.4) is 0 Å². The summed E-state index contributed by atoms with van der Waals surface area (Å²) >= 11 is 0. The van der Waals surface area contributed by atoms with Gasteiger partial charge in [-0.05, 0) is 40.9 Å². The second-order valence-corrected chi connectivity index (χ2v) is 2.58. The molecule has 0 rings (SSSR count). The summed E-state index contributed by atoms with van der Waals surface area (Å²) in [5, 5.41) is 0. The van der Waals surface area contributed by atoms with Crippen LogP contribution in [0.2, 0.25) is 0 Å². The third-order valence-electron chi connectivity index (χ3n) is 1.08. The zero-order valence-electron chi connectivity index (χ0n) is 8.68. The average molecular weight is 161 g/mol. The third-order valence-corrected chi connectivity index (χ3v) is 1.08. The summed E-state index contributed by atoms with van der Waals surface area (Å²) in [6, 6.07) is 0. The molecule has 0 fully saturated rings. The van der Waals surface area contributed by atoms with E-state index in [9.17, 15) is 0 Å². The molecule has 0 aliphatic rings. The van der Waals surface area contributed by atoms with Gasteiger partial charge in [-0.3, -0.25) is 0 Å². The first-order chi connectivity index (χ1) is 5.18. The van der Waals surface area contributed by atoms with Gasteiger partial charge >= 0.3 is 0 Å². The van der Waals surface area contributed by atoms with Crippen LogP contribution in [0.25, 0.3) is 0 Å². The van der Waals surface area contributed by atoms with Crippen LogP contribution in [0.15, 0.2) is 0 Å². The SMILES string of the molecule is CCCN(C)C.CCOCC. The van der Waals surface area contributed by atoms with Gasteiger partial charge in [0.25, 0.3) is 0 Å². The molecule has 0 bridgehead atoms. The minimum Gasteiger partial charge on any atom is -0.382 e. The van der Waals surface area contributed by atoms with E-state index in [2.05, 4.69) is 25.9 Å². The van der Waals surface area contributed by atoms with Crippen molar-refractivity contribution in [2.75, 3.05) is 33.9 Å². The van der Waals surface area contributed by atoms with Gasteiger partial charge in [-0.25, -0.2) is 0 Å². The van der Waals surface area contributed by atoms with Crippen LogP contribution < -0.4 is 0 Å². The van der Waals surface area contributed by atoms with E-state index >= 15 is 0 Å². The van der Waals surface area contributed by atoms with Crippen molar-refractivity contribution >= 4 is 0 Å². The Morgan fingerprint density at radius 1 is 1.00 bits per heavy atom. The van der Waals surface area contributed by atoms with Crippen LogP contribution in [0.1, 0.15) is 27.2 Å². The highest BCUT2D eigenvalue weighted by Crippen LogP contribution is 1.76. The van der Waals surface area contributed by atoms with E-state index in [1.165, 1.54) is 13.0 Å². The van der Waals surface area contributed by atoms with Crippen molar-refractivity contribution in [1.82, 2.24) is 4.90 Å². The molecular weight excluding hydrogens is 138 g/mol. The molecule has 0 atom stereocenters. The predicted molar refractivity (Wildman–Crippen MR) is 51.0 cm³/mol. The van der Waals surface area contributed by atoms with E-state index < -0.39 is 0 Å². The minimum absolute atomic E-state index is 0.844. The molecule has 0 saturated heterocycles. The maximum atomic E-state index is 4.83. The molecule has 70 valence electrons. The fourth-order valence-corrected chi connectivity index (χ4v) is 0.651. The Morgan fingerprint density at radius 2 is 1.45 bits per heavy atom. The Balaban J connectivity index is 0. The Bertz CT molecular complexity index is 53.5. The van der Waals surface area contributed by atoms with Gasteiger partial charge in [0.1, 0.15) is 0 Å². The smallest absolute Gasteiger partial charge is 0.0437 e. The van der Waals surface area contributed by atoms with Gasteiger partial charge in [0.2, 0.25) is 0 Å². The Hall–Kier alpha value is -0.0800. The van der Waals surface area contributed by atoms with Crippen molar-refractivity contribution in [1.29, 1.82) is 0 Å². The van der Waals surface area contributed by atoms with Gasteiger partial charge < -0.3 is 9.64 Å². The quantitative estimate of drug-likeness (QED) is 0.625. The molecule has 0 amide bonds. The molecule has 2 nitrogen and oxygen atoms in total. The molecule has 0 aromatic heterocycles. The standard InChI is InChI=1S/C5H13N.C4H10O/c1-4-5-6(2)3;1-3-5-4-2/h4-5H2,1-3H3;3-4H2,1-2H3. The Kier molecular flexibility index (Phi) is 15.4. The zero-order chi connectivity index (χ0) is 9.11. The van der Waals surface area contributed by atoms with Crippen molar-refractivity contribution in [2.45, 2.75) is 27.2 Å². The number of ether oxygens (including phenoxy) is 1. The fourth-order valence-electron chi connectivity index (χ4n) is 0.651. The monoisotopic (exact) mass is 161 g/mol. The molecule has 0 aromatic carbocycles. The lowest BCUT2D eigenvalue weighted by Gasteiger charge is -2.03. The van der Waals surface area contributed by atoms with Crippen LogP contribution in [-0.4, -0.2) is 38.8 Å². The molecule has 0 N–H and O–H groups in total. The van der Waals surface area contributed by atoms with Gasteiger partial charge in [-0.1, -0.05) is 6.92 Å². The highest BCUT2D eigenvalue weighted by Gasteiger charge is 1.79. The lowest BCUT2D eigenvalue weighted by molar-refractivity contribution is 0.162. The molecule has 11 heavy (non-hydrogen) atoms. The van der Waals surface area contributed by atoms with Crippen LogP contribution in [0.5, 0.6) is 0 Å². The lowest BCUT2D eigenvalue weighted by Crippen LogP contribution is -2.11. The predicted octanol–water partition coefficient (Wildman–Crippen LogP) is 2.00. The molecule has 0 aliphatic carbocycles. The number of rotatable bonds is 4. The maximum Gasteiger partial charge on any atom is 0.0437 e. The first-order valence-corrected chi connectivity index (χ1v) is 4.41. The van der Waals surface area contributed by atoms with Crippen LogP contribution in [0.4, 0.5) is 0 Å². The first-order valence-electron chi connectivity index (χ1n) is 4.41.